The molecule has 1 heteroatoms. The number of phenols is 1. The van der Waals surface area contributed by atoms with Crippen LogP contribution in [0.25, 0.3) is 0 Å². The van der Waals surface area contributed by atoms with Gasteiger partial charge in [-0.25, -0.2) is 0 Å². The van der Waals surface area contributed by atoms with E-state index < -0.39 is 0 Å². The van der Waals surface area contributed by atoms with Crippen LogP contribution in [-0.2, 0) is 5.41 Å². The Balaban J connectivity index is 2.58. The fourth-order valence-corrected chi connectivity index (χ4v) is 2.48. The Kier molecular flexibility index (Phi) is 3.16. The van der Waals surface area contributed by atoms with Crippen molar-refractivity contribution in [1.29, 1.82) is 0 Å². The van der Waals surface area contributed by atoms with Crippen molar-refractivity contribution < 1.29 is 5.11 Å². The molecule has 2 rings (SSSR count). The second-order valence-corrected chi connectivity index (χ2v) is 5.44. The number of phenolic OH excluding ortho intramolecular Hbond substituents is 1. The van der Waals surface area contributed by atoms with Crippen LogP contribution in [0.1, 0.15) is 36.1 Å². The lowest BCUT2D eigenvalue weighted by atomic mass is 9.76. The van der Waals surface area contributed by atoms with Crippen molar-refractivity contribution >= 4 is 0 Å². The maximum atomic E-state index is 9.76. The molecule has 0 aromatic heterocycles. The first-order valence-corrected chi connectivity index (χ1v) is 6.29. The first-order chi connectivity index (χ1) is 8.43. The summed E-state index contributed by atoms with van der Waals surface area (Å²) in [7, 11) is 0. The molecule has 0 aliphatic rings. The van der Waals surface area contributed by atoms with Crippen molar-refractivity contribution in [3.8, 4) is 5.75 Å². The van der Waals surface area contributed by atoms with E-state index in [0.29, 0.717) is 5.75 Å². The summed E-state index contributed by atoms with van der Waals surface area (Å²) in [5, 5.41) is 9.76. The van der Waals surface area contributed by atoms with Crippen LogP contribution in [0.3, 0.4) is 0 Å². The summed E-state index contributed by atoms with van der Waals surface area (Å²) in [6.07, 6.45) is 0. The number of hydrogen-bond donors (Lipinski definition) is 1. The maximum absolute atomic E-state index is 9.76. The Hall–Kier alpha value is -1.76. The summed E-state index contributed by atoms with van der Waals surface area (Å²) in [6, 6.07) is 14.4. The number of rotatable bonds is 2. The maximum Gasteiger partial charge on any atom is 0.118 e. The summed E-state index contributed by atoms with van der Waals surface area (Å²) in [4.78, 5) is 0. The van der Waals surface area contributed by atoms with E-state index in [4.69, 9.17) is 0 Å². The summed E-state index contributed by atoms with van der Waals surface area (Å²) >= 11 is 0. The normalized spacial score (nSPS) is 11.6. The third-order valence-electron chi connectivity index (χ3n) is 3.71. The first-order valence-electron chi connectivity index (χ1n) is 6.29. The highest BCUT2D eigenvalue weighted by Gasteiger charge is 2.25. The first kappa shape index (κ1) is 12.7. The van der Waals surface area contributed by atoms with Gasteiger partial charge in [-0.15, -0.1) is 0 Å². The number of benzene rings is 2. The van der Waals surface area contributed by atoms with Gasteiger partial charge >= 0.3 is 0 Å². The van der Waals surface area contributed by atoms with Gasteiger partial charge in [0.1, 0.15) is 5.75 Å². The molecule has 0 atom stereocenters. The molecule has 0 saturated carbocycles. The fraction of sp³-hybridized carbons (Fsp3) is 0.294. The van der Waals surface area contributed by atoms with Gasteiger partial charge in [0.05, 0.1) is 0 Å². The van der Waals surface area contributed by atoms with Crippen LogP contribution in [0, 0.1) is 13.8 Å². The van der Waals surface area contributed by atoms with Crippen LogP contribution in [0.2, 0.25) is 0 Å². The van der Waals surface area contributed by atoms with Gasteiger partial charge in [-0.05, 0) is 42.2 Å². The quantitative estimate of drug-likeness (QED) is 0.828. The second-order valence-electron chi connectivity index (χ2n) is 5.44. The zero-order valence-electron chi connectivity index (χ0n) is 11.5. The van der Waals surface area contributed by atoms with Gasteiger partial charge < -0.3 is 5.11 Å². The Bertz CT molecular complexity index is 553. The Morgan fingerprint density at radius 2 is 1.50 bits per heavy atom. The van der Waals surface area contributed by atoms with E-state index in [-0.39, 0.29) is 5.41 Å². The molecule has 0 spiro atoms. The average molecular weight is 240 g/mol. The molecule has 1 N–H and O–H groups in total. The van der Waals surface area contributed by atoms with Crippen LogP contribution in [0.5, 0.6) is 5.75 Å². The Morgan fingerprint density at radius 3 is 2.11 bits per heavy atom. The van der Waals surface area contributed by atoms with Crippen molar-refractivity contribution in [2.75, 3.05) is 0 Å². The second kappa shape index (κ2) is 4.49. The van der Waals surface area contributed by atoms with Crippen molar-refractivity contribution in [3.63, 3.8) is 0 Å². The third-order valence-corrected chi connectivity index (χ3v) is 3.71. The molecule has 1 nitrogen and oxygen atoms in total. The van der Waals surface area contributed by atoms with E-state index >= 15 is 0 Å². The zero-order chi connectivity index (χ0) is 13.3. The highest BCUT2D eigenvalue weighted by Crippen LogP contribution is 2.35. The summed E-state index contributed by atoms with van der Waals surface area (Å²) in [6.45, 7) is 8.45. The van der Waals surface area contributed by atoms with E-state index in [2.05, 4.69) is 51.1 Å². The standard InChI is InChI=1S/C17H20O/c1-12-11-16(18)13(2)10-15(12)17(3,4)14-8-6-5-7-9-14/h5-11,18H,1-4H3. The van der Waals surface area contributed by atoms with Crippen LogP contribution < -0.4 is 0 Å². The predicted octanol–water partition coefficient (Wildman–Crippen LogP) is 4.33. The van der Waals surface area contributed by atoms with Crippen molar-refractivity contribution in [1.82, 2.24) is 0 Å². The Labute approximate surface area is 109 Å². The molecule has 94 valence electrons. The van der Waals surface area contributed by atoms with E-state index in [1.165, 1.54) is 11.1 Å². The molecule has 0 bridgehead atoms. The molecule has 0 radical (unpaired) electrons. The van der Waals surface area contributed by atoms with Gasteiger partial charge in [-0.3, -0.25) is 0 Å². The lowest BCUT2D eigenvalue weighted by Crippen LogP contribution is -2.20. The monoisotopic (exact) mass is 240 g/mol. The summed E-state index contributed by atoms with van der Waals surface area (Å²) in [5.74, 6) is 0.375. The number of aryl methyl sites for hydroxylation is 2. The molecule has 0 aliphatic heterocycles. The lowest BCUT2D eigenvalue weighted by Gasteiger charge is -2.28. The number of hydrogen-bond acceptors (Lipinski definition) is 1. The molecule has 0 saturated heterocycles. The van der Waals surface area contributed by atoms with Crippen molar-refractivity contribution in [3.05, 3.63) is 64.7 Å². The highest BCUT2D eigenvalue weighted by molar-refractivity contribution is 5.47. The molecular weight excluding hydrogens is 220 g/mol. The SMILES string of the molecule is Cc1cc(C(C)(C)c2ccccc2)c(C)cc1O. The third kappa shape index (κ3) is 2.13. The molecule has 0 unspecified atom stereocenters. The lowest BCUT2D eigenvalue weighted by molar-refractivity contribution is 0.469. The van der Waals surface area contributed by atoms with Gasteiger partial charge in [-0.2, -0.15) is 0 Å². The van der Waals surface area contributed by atoms with E-state index in [0.717, 1.165) is 11.1 Å². The molecule has 0 fully saturated rings. The summed E-state index contributed by atoms with van der Waals surface area (Å²) in [5.41, 5.74) is 4.57. The van der Waals surface area contributed by atoms with Gasteiger partial charge in [0.15, 0.2) is 0 Å². The van der Waals surface area contributed by atoms with E-state index in [9.17, 15) is 5.11 Å². The fourth-order valence-electron chi connectivity index (χ4n) is 2.48. The van der Waals surface area contributed by atoms with Gasteiger partial charge in [0.25, 0.3) is 0 Å². The van der Waals surface area contributed by atoms with Gasteiger partial charge in [-0.1, -0.05) is 50.2 Å². The van der Waals surface area contributed by atoms with Crippen LogP contribution in [0.15, 0.2) is 42.5 Å². The Morgan fingerprint density at radius 1 is 0.889 bits per heavy atom. The van der Waals surface area contributed by atoms with E-state index in [1.807, 2.05) is 19.1 Å². The largest absolute Gasteiger partial charge is 0.508 e. The predicted molar refractivity (Wildman–Crippen MR) is 76.2 cm³/mol. The molecule has 0 heterocycles. The minimum Gasteiger partial charge on any atom is -0.508 e. The zero-order valence-corrected chi connectivity index (χ0v) is 11.5. The average Bonchev–Trinajstić information content (AvgIpc) is 2.34. The van der Waals surface area contributed by atoms with Gasteiger partial charge in [0.2, 0.25) is 0 Å². The number of aromatic hydroxyl groups is 1. The molecule has 2 aromatic carbocycles. The molecule has 2 aromatic rings. The van der Waals surface area contributed by atoms with Crippen LogP contribution in [-0.4, -0.2) is 5.11 Å². The van der Waals surface area contributed by atoms with Crippen molar-refractivity contribution in [2.24, 2.45) is 0 Å². The highest BCUT2D eigenvalue weighted by atomic mass is 16.3. The molecule has 0 aliphatic carbocycles. The summed E-state index contributed by atoms with van der Waals surface area (Å²) < 4.78 is 0. The van der Waals surface area contributed by atoms with E-state index in [1.54, 1.807) is 0 Å². The minimum absolute atomic E-state index is 0.0518. The topological polar surface area (TPSA) is 20.2 Å². The van der Waals surface area contributed by atoms with Crippen molar-refractivity contribution in [2.45, 2.75) is 33.1 Å². The molecular formula is C17H20O. The molecule has 0 amide bonds. The molecule has 18 heavy (non-hydrogen) atoms. The van der Waals surface area contributed by atoms with Gasteiger partial charge in [0, 0.05) is 5.41 Å². The minimum atomic E-state index is -0.0518. The smallest absolute Gasteiger partial charge is 0.118 e. The van der Waals surface area contributed by atoms with Crippen LogP contribution >= 0.6 is 0 Å². The van der Waals surface area contributed by atoms with Crippen LogP contribution in [0.4, 0.5) is 0 Å².